The second-order valence-electron chi connectivity index (χ2n) is 3.95. The lowest BCUT2D eigenvalue weighted by molar-refractivity contribution is -0.385. The summed E-state index contributed by atoms with van der Waals surface area (Å²) >= 11 is 0. The van der Waals surface area contributed by atoms with Gasteiger partial charge in [0.15, 0.2) is 0 Å². The van der Waals surface area contributed by atoms with Gasteiger partial charge in [0, 0.05) is 17.8 Å². The number of hydrogen-bond acceptors (Lipinski definition) is 4. The van der Waals surface area contributed by atoms with E-state index in [9.17, 15) is 10.1 Å². The maximum atomic E-state index is 10.7. The van der Waals surface area contributed by atoms with Gasteiger partial charge < -0.3 is 5.32 Å². The molecular formula is C11H17N3O2. The number of hydrogen-bond donors (Lipinski definition) is 1. The first kappa shape index (κ1) is 12.4. The second kappa shape index (κ2) is 5.44. The van der Waals surface area contributed by atoms with Crippen molar-refractivity contribution < 1.29 is 4.92 Å². The van der Waals surface area contributed by atoms with Crippen LogP contribution in [0, 0.1) is 17.0 Å². The monoisotopic (exact) mass is 223 g/mol. The maximum absolute atomic E-state index is 10.7. The number of pyridine rings is 1. The first-order valence-corrected chi connectivity index (χ1v) is 5.42. The molecule has 1 aromatic rings. The number of nitrogens with zero attached hydrogens (tertiary/aromatic N) is 2. The molecule has 16 heavy (non-hydrogen) atoms. The van der Waals surface area contributed by atoms with Gasteiger partial charge in [0.05, 0.1) is 11.0 Å². The van der Waals surface area contributed by atoms with Crippen molar-refractivity contribution in [1.29, 1.82) is 0 Å². The molecule has 1 atom stereocenters. The van der Waals surface area contributed by atoms with E-state index in [1.165, 1.54) is 12.3 Å². The van der Waals surface area contributed by atoms with E-state index >= 15 is 0 Å². The van der Waals surface area contributed by atoms with Crippen LogP contribution in [0.5, 0.6) is 0 Å². The van der Waals surface area contributed by atoms with E-state index in [4.69, 9.17) is 0 Å². The highest BCUT2D eigenvalue weighted by Crippen LogP contribution is 2.20. The zero-order valence-corrected chi connectivity index (χ0v) is 9.86. The molecule has 0 aliphatic rings. The molecule has 1 aromatic heterocycles. The molecule has 0 aliphatic heterocycles. The molecule has 0 spiro atoms. The van der Waals surface area contributed by atoms with Crippen LogP contribution in [-0.4, -0.2) is 15.9 Å². The van der Waals surface area contributed by atoms with Crippen LogP contribution in [-0.2, 0) is 0 Å². The van der Waals surface area contributed by atoms with Gasteiger partial charge in [0.25, 0.3) is 5.69 Å². The van der Waals surface area contributed by atoms with Crippen molar-refractivity contribution in [2.45, 2.75) is 39.7 Å². The molecule has 1 unspecified atom stereocenters. The van der Waals surface area contributed by atoms with Gasteiger partial charge in [-0.3, -0.25) is 10.1 Å². The van der Waals surface area contributed by atoms with Crippen LogP contribution >= 0.6 is 0 Å². The normalized spacial score (nSPS) is 12.2. The molecule has 1 rings (SSSR count). The Balaban J connectivity index is 2.82. The summed E-state index contributed by atoms with van der Waals surface area (Å²) in [5.74, 6) is 0.568. The molecular weight excluding hydrogens is 206 g/mol. The summed E-state index contributed by atoms with van der Waals surface area (Å²) in [5.41, 5.74) is 0.694. The third-order valence-electron chi connectivity index (χ3n) is 2.39. The molecule has 1 heterocycles. The summed E-state index contributed by atoms with van der Waals surface area (Å²) in [5, 5.41) is 13.9. The quantitative estimate of drug-likeness (QED) is 0.615. The molecule has 0 aromatic carbocycles. The molecule has 0 saturated heterocycles. The molecule has 0 radical (unpaired) electrons. The van der Waals surface area contributed by atoms with E-state index in [1.54, 1.807) is 6.92 Å². The number of nitro groups is 1. The molecule has 0 fully saturated rings. The van der Waals surface area contributed by atoms with Gasteiger partial charge in [-0.15, -0.1) is 0 Å². The van der Waals surface area contributed by atoms with Gasteiger partial charge in [-0.25, -0.2) is 4.98 Å². The van der Waals surface area contributed by atoms with Crippen molar-refractivity contribution in [2.75, 3.05) is 5.32 Å². The van der Waals surface area contributed by atoms with Crippen molar-refractivity contribution >= 4 is 11.5 Å². The van der Waals surface area contributed by atoms with Crippen molar-refractivity contribution in [2.24, 2.45) is 0 Å². The zero-order valence-electron chi connectivity index (χ0n) is 9.86. The van der Waals surface area contributed by atoms with Crippen LogP contribution in [0.25, 0.3) is 0 Å². The Hall–Kier alpha value is -1.65. The SMILES string of the molecule is CCCC(C)Nc1cc([N+](=O)[O-])c(C)cn1. The Morgan fingerprint density at radius 3 is 2.88 bits per heavy atom. The predicted molar refractivity (Wildman–Crippen MR) is 63.6 cm³/mol. The highest BCUT2D eigenvalue weighted by molar-refractivity contribution is 5.49. The minimum absolute atomic E-state index is 0.112. The molecule has 1 N–H and O–H groups in total. The fraction of sp³-hybridized carbons (Fsp3) is 0.545. The summed E-state index contributed by atoms with van der Waals surface area (Å²) in [6, 6.07) is 1.77. The number of anilines is 1. The van der Waals surface area contributed by atoms with Crippen LogP contribution < -0.4 is 5.32 Å². The van der Waals surface area contributed by atoms with Crippen LogP contribution in [0.2, 0.25) is 0 Å². The lowest BCUT2D eigenvalue weighted by Crippen LogP contribution is -2.15. The lowest BCUT2D eigenvalue weighted by atomic mass is 10.2. The first-order chi connectivity index (χ1) is 7.54. The van der Waals surface area contributed by atoms with Crippen molar-refractivity contribution in [1.82, 2.24) is 4.98 Å². The van der Waals surface area contributed by atoms with Gasteiger partial charge in [0.1, 0.15) is 5.82 Å². The molecule has 5 nitrogen and oxygen atoms in total. The van der Waals surface area contributed by atoms with Crippen LogP contribution in [0.3, 0.4) is 0 Å². The molecule has 88 valence electrons. The fourth-order valence-corrected chi connectivity index (χ4v) is 1.55. The van der Waals surface area contributed by atoms with Crippen molar-refractivity contribution in [3.8, 4) is 0 Å². The van der Waals surface area contributed by atoms with E-state index in [0.717, 1.165) is 12.8 Å². The lowest BCUT2D eigenvalue weighted by Gasteiger charge is -2.13. The van der Waals surface area contributed by atoms with Gasteiger partial charge in [-0.1, -0.05) is 13.3 Å². The zero-order chi connectivity index (χ0) is 12.1. The highest BCUT2D eigenvalue weighted by Gasteiger charge is 2.12. The third kappa shape index (κ3) is 3.18. The number of rotatable bonds is 5. The van der Waals surface area contributed by atoms with Crippen LogP contribution in [0.4, 0.5) is 11.5 Å². The summed E-state index contributed by atoms with van der Waals surface area (Å²) in [6.45, 7) is 5.82. The fourth-order valence-electron chi connectivity index (χ4n) is 1.55. The largest absolute Gasteiger partial charge is 0.367 e. The average molecular weight is 223 g/mol. The van der Waals surface area contributed by atoms with Gasteiger partial charge in [0.2, 0.25) is 0 Å². The third-order valence-corrected chi connectivity index (χ3v) is 2.39. The minimum Gasteiger partial charge on any atom is -0.367 e. The standard InChI is InChI=1S/C11H17N3O2/c1-4-5-9(3)13-11-6-10(14(15)16)8(2)7-12-11/h6-7,9H,4-5H2,1-3H3,(H,12,13). The van der Waals surface area contributed by atoms with Crippen LogP contribution in [0.1, 0.15) is 32.3 Å². The molecule has 5 heteroatoms. The van der Waals surface area contributed by atoms with E-state index in [-0.39, 0.29) is 16.7 Å². The number of nitrogens with one attached hydrogen (secondary N) is 1. The van der Waals surface area contributed by atoms with Gasteiger partial charge in [-0.2, -0.15) is 0 Å². The van der Waals surface area contributed by atoms with Crippen LogP contribution in [0.15, 0.2) is 12.3 Å². The number of aryl methyl sites for hydroxylation is 1. The van der Waals surface area contributed by atoms with Gasteiger partial charge in [-0.05, 0) is 20.3 Å². The summed E-state index contributed by atoms with van der Waals surface area (Å²) in [4.78, 5) is 14.5. The second-order valence-corrected chi connectivity index (χ2v) is 3.95. The molecule has 0 saturated carbocycles. The minimum atomic E-state index is -0.382. The predicted octanol–water partition coefficient (Wildman–Crippen LogP) is 2.90. The maximum Gasteiger partial charge on any atom is 0.277 e. The molecule has 0 amide bonds. The Morgan fingerprint density at radius 2 is 2.31 bits per heavy atom. The molecule has 0 bridgehead atoms. The van der Waals surface area contributed by atoms with Crippen molar-refractivity contribution in [3.05, 3.63) is 27.9 Å². The summed E-state index contributed by atoms with van der Waals surface area (Å²) in [7, 11) is 0. The Kier molecular flexibility index (Phi) is 4.22. The number of aromatic nitrogens is 1. The average Bonchev–Trinajstić information content (AvgIpc) is 2.21. The van der Waals surface area contributed by atoms with E-state index in [0.29, 0.717) is 11.4 Å². The smallest absolute Gasteiger partial charge is 0.277 e. The van der Waals surface area contributed by atoms with Gasteiger partial charge >= 0.3 is 0 Å². The summed E-state index contributed by atoms with van der Waals surface area (Å²) in [6.07, 6.45) is 3.62. The summed E-state index contributed by atoms with van der Waals surface area (Å²) < 4.78 is 0. The first-order valence-electron chi connectivity index (χ1n) is 5.42. The van der Waals surface area contributed by atoms with E-state index < -0.39 is 0 Å². The molecule has 0 aliphatic carbocycles. The highest BCUT2D eigenvalue weighted by atomic mass is 16.6. The van der Waals surface area contributed by atoms with E-state index in [2.05, 4.69) is 17.2 Å². The Morgan fingerprint density at radius 1 is 1.62 bits per heavy atom. The van der Waals surface area contributed by atoms with E-state index in [1.807, 2.05) is 6.92 Å². The Labute approximate surface area is 95.0 Å². The topological polar surface area (TPSA) is 68.1 Å². The Bertz CT molecular complexity index is 379. The van der Waals surface area contributed by atoms with Crippen molar-refractivity contribution in [3.63, 3.8) is 0 Å².